The van der Waals surface area contributed by atoms with Gasteiger partial charge in [-0.15, -0.1) is 0 Å². The highest BCUT2D eigenvalue weighted by atomic mass is 16.5. The summed E-state index contributed by atoms with van der Waals surface area (Å²) in [5.74, 6) is 0.916. The van der Waals surface area contributed by atoms with E-state index in [1.807, 2.05) is 30.3 Å². The minimum atomic E-state index is -0.127. The molecule has 1 unspecified atom stereocenters. The van der Waals surface area contributed by atoms with E-state index in [1.165, 1.54) is 0 Å². The van der Waals surface area contributed by atoms with Crippen LogP contribution in [0.3, 0.4) is 0 Å². The Hall–Kier alpha value is -1.85. The van der Waals surface area contributed by atoms with Crippen molar-refractivity contribution in [3.63, 3.8) is 0 Å². The number of fused-ring (bicyclic) bond motifs is 1. The first-order chi connectivity index (χ1) is 9.26. The summed E-state index contributed by atoms with van der Waals surface area (Å²) in [5.41, 5.74) is 7.43. The fourth-order valence-corrected chi connectivity index (χ4v) is 2.35. The quantitative estimate of drug-likeness (QED) is 0.788. The van der Waals surface area contributed by atoms with E-state index in [2.05, 4.69) is 9.88 Å². The standard InChI is InChI=1S/C14H17N3O2/c15-11-2-3-13-10(7-11)1-4-14(16-13)17-5-6-19-12(8-17)9-18/h1-4,7,12,18H,5-6,8-9,15H2. The van der Waals surface area contributed by atoms with Gasteiger partial charge in [0.2, 0.25) is 0 Å². The average Bonchev–Trinajstić information content (AvgIpc) is 2.46. The number of nitrogens with zero attached hydrogens (tertiary/aromatic N) is 2. The first-order valence-corrected chi connectivity index (χ1v) is 6.40. The Morgan fingerprint density at radius 3 is 3.11 bits per heavy atom. The second kappa shape index (κ2) is 5.03. The van der Waals surface area contributed by atoms with Gasteiger partial charge >= 0.3 is 0 Å². The molecule has 0 amide bonds. The van der Waals surface area contributed by atoms with Gasteiger partial charge in [0, 0.05) is 24.2 Å². The zero-order valence-electron chi connectivity index (χ0n) is 10.6. The molecule has 2 aromatic rings. The number of aromatic nitrogens is 1. The Kier molecular flexibility index (Phi) is 3.23. The SMILES string of the molecule is Nc1ccc2nc(N3CCOC(CO)C3)ccc2c1. The van der Waals surface area contributed by atoms with Crippen molar-refractivity contribution < 1.29 is 9.84 Å². The van der Waals surface area contributed by atoms with E-state index in [-0.39, 0.29) is 12.7 Å². The highest BCUT2D eigenvalue weighted by Crippen LogP contribution is 2.21. The number of hydrogen-bond donors (Lipinski definition) is 2. The summed E-state index contributed by atoms with van der Waals surface area (Å²) in [5, 5.41) is 10.2. The first kappa shape index (κ1) is 12.2. The smallest absolute Gasteiger partial charge is 0.129 e. The number of pyridine rings is 1. The predicted molar refractivity (Wildman–Crippen MR) is 75.2 cm³/mol. The Morgan fingerprint density at radius 1 is 1.37 bits per heavy atom. The molecule has 0 spiro atoms. The van der Waals surface area contributed by atoms with Gasteiger partial charge in [-0.25, -0.2) is 4.98 Å². The van der Waals surface area contributed by atoms with E-state index in [9.17, 15) is 5.11 Å². The number of ether oxygens (including phenoxy) is 1. The van der Waals surface area contributed by atoms with E-state index in [0.717, 1.165) is 29.0 Å². The molecule has 1 atom stereocenters. The van der Waals surface area contributed by atoms with Gasteiger partial charge in [0.1, 0.15) is 5.82 Å². The molecular weight excluding hydrogens is 242 g/mol. The lowest BCUT2D eigenvalue weighted by Crippen LogP contribution is -2.44. The van der Waals surface area contributed by atoms with Gasteiger partial charge in [0.05, 0.1) is 24.8 Å². The average molecular weight is 259 g/mol. The van der Waals surface area contributed by atoms with Crippen molar-refractivity contribution in [2.75, 3.05) is 36.9 Å². The molecule has 0 aliphatic carbocycles. The van der Waals surface area contributed by atoms with Gasteiger partial charge in [-0.3, -0.25) is 0 Å². The Bertz CT molecular complexity index is 588. The zero-order chi connectivity index (χ0) is 13.2. The fraction of sp³-hybridized carbons (Fsp3) is 0.357. The van der Waals surface area contributed by atoms with Crippen LogP contribution in [0.4, 0.5) is 11.5 Å². The Labute approximate surface area is 111 Å². The molecular formula is C14H17N3O2. The summed E-state index contributed by atoms with van der Waals surface area (Å²) < 4.78 is 5.45. The molecule has 3 rings (SSSR count). The molecule has 1 aliphatic rings. The Morgan fingerprint density at radius 2 is 2.26 bits per heavy atom. The van der Waals surface area contributed by atoms with Crippen LogP contribution < -0.4 is 10.6 Å². The van der Waals surface area contributed by atoms with Gasteiger partial charge in [-0.1, -0.05) is 0 Å². The molecule has 2 heterocycles. The molecule has 1 saturated heterocycles. The summed E-state index contributed by atoms with van der Waals surface area (Å²) in [4.78, 5) is 6.78. The molecule has 5 heteroatoms. The second-order valence-electron chi connectivity index (χ2n) is 4.74. The second-order valence-corrected chi connectivity index (χ2v) is 4.74. The molecule has 19 heavy (non-hydrogen) atoms. The van der Waals surface area contributed by atoms with E-state index < -0.39 is 0 Å². The van der Waals surface area contributed by atoms with Crippen molar-refractivity contribution in [2.45, 2.75) is 6.10 Å². The van der Waals surface area contributed by atoms with Gasteiger partial charge in [-0.2, -0.15) is 0 Å². The molecule has 1 aromatic carbocycles. The van der Waals surface area contributed by atoms with Crippen LogP contribution in [0.1, 0.15) is 0 Å². The molecule has 0 bridgehead atoms. The predicted octanol–water partition coefficient (Wildman–Crippen LogP) is 1.01. The molecule has 0 saturated carbocycles. The third-order valence-corrected chi connectivity index (χ3v) is 3.36. The summed E-state index contributed by atoms with van der Waals surface area (Å²) in [6.07, 6.45) is -0.127. The van der Waals surface area contributed by atoms with Crippen LogP contribution in [-0.2, 0) is 4.74 Å². The van der Waals surface area contributed by atoms with E-state index in [0.29, 0.717) is 13.2 Å². The fourth-order valence-electron chi connectivity index (χ4n) is 2.35. The van der Waals surface area contributed by atoms with Crippen LogP contribution in [0, 0.1) is 0 Å². The monoisotopic (exact) mass is 259 g/mol. The summed E-state index contributed by atoms with van der Waals surface area (Å²) in [6, 6.07) is 9.72. The molecule has 1 aromatic heterocycles. The highest BCUT2D eigenvalue weighted by molar-refractivity contribution is 5.83. The topological polar surface area (TPSA) is 71.6 Å². The van der Waals surface area contributed by atoms with Crippen molar-refractivity contribution >= 4 is 22.4 Å². The van der Waals surface area contributed by atoms with Crippen LogP contribution in [0.15, 0.2) is 30.3 Å². The van der Waals surface area contributed by atoms with Crippen LogP contribution in [-0.4, -0.2) is 42.5 Å². The maximum absolute atomic E-state index is 9.17. The number of nitrogen functional groups attached to an aromatic ring is 1. The number of aliphatic hydroxyl groups excluding tert-OH is 1. The van der Waals surface area contributed by atoms with E-state index >= 15 is 0 Å². The minimum Gasteiger partial charge on any atom is -0.399 e. The van der Waals surface area contributed by atoms with Crippen molar-refractivity contribution in [1.82, 2.24) is 4.98 Å². The van der Waals surface area contributed by atoms with Crippen LogP contribution >= 0.6 is 0 Å². The lowest BCUT2D eigenvalue weighted by atomic mass is 10.2. The van der Waals surface area contributed by atoms with Crippen LogP contribution in [0.25, 0.3) is 10.9 Å². The van der Waals surface area contributed by atoms with Crippen molar-refractivity contribution in [3.8, 4) is 0 Å². The molecule has 1 fully saturated rings. The number of benzene rings is 1. The lowest BCUT2D eigenvalue weighted by molar-refractivity contribution is 0.00338. The summed E-state index contributed by atoms with van der Waals surface area (Å²) in [6.45, 7) is 2.13. The summed E-state index contributed by atoms with van der Waals surface area (Å²) in [7, 11) is 0. The number of aliphatic hydroxyl groups is 1. The molecule has 3 N–H and O–H groups in total. The van der Waals surface area contributed by atoms with E-state index in [4.69, 9.17) is 10.5 Å². The van der Waals surface area contributed by atoms with Gasteiger partial charge in [-0.05, 0) is 30.3 Å². The lowest BCUT2D eigenvalue weighted by Gasteiger charge is -2.32. The number of nitrogens with two attached hydrogens (primary N) is 1. The number of morpholine rings is 1. The van der Waals surface area contributed by atoms with Gasteiger partial charge in [0.25, 0.3) is 0 Å². The van der Waals surface area contributed by atoms with Crippen LogP contribution in [0.2, 0.25) is 0 Å². The normalized spacial score (nSPS) is 19.8. The third-order valence-electron chi connectivity index (χ3n) is 3.36. The molecule has 1 aliphatic heterocycles. The maximum Gasteiger partial charge on any atom is 0.129 e. The van der Waals surface area contributed by atoms with E-state index in [1.54, 1.807) is 0 Å². The number of anilines is 2. The number of rotatable bonds is 2. The van der Waals surface area contributed by atoms with Crippen LogP contribution in [0.5, 0.6) is 0 Å². The maximum atomic E-state index is 9.17. The third kappa shape index (κ3) is 2.47. The molecule has 5 nitrogen and oxygen atoms in total. The first-order valence-electron chi connectivity index (χ1n) is 6.40. The van der Waals surface area contributed by atoms with Crippen molar-refractivity contribution in [1.29, 1.82) is 0 Å². The number of hydrogen-bond acceptors (Lipinski definition) is 5. The highest BCUT2D eigenvalue weighted by Gasteiger charge is 2.20. The molecule has 0 radical (unpaired) electrons. The summed E-state index contributed by atoms with van der Waals surface area (Å²) >= 11 is 0. The molecule has 100 valence electrons. The van der Waals surface area contributed by atoms with Gasteiger partial charge < -0.3 is 20.5 Å². The van der Waals surface area contributed by atoms with Gasteiger partial charge in [0.15, 0.2) is 0 Å². The minimum absolute atomic E-state index is 0.0423. The Balaban J connectivity index is 1.90. The van der Waals surface area contributed by atoms with Crippen molar-refractivity contribution in [2.24, 2.45) is 0 Å². The van der Waals surface area contributed by atoms with Crippen molar-refractivity contribution in [3.05, 3.63) is 30.3 Å². The largest absolute Gasteiger partial charge is 0.399 e. The zero-order valence-corrected chi connectivity index (χ0v) is 10.6.